The van der Waals surface area contributed by atoms with E-state index in [1.807, 2.05) is 11.8 Å². The maximum absolute atomic E-state index is 12.1. The number of hydrogen-bond acceptors (Lipinski definition) is 3. The van der Waals surface area contributed by atoms with E-state index < -0.39 is 0 Å². The fourth-order valence-electron chi connectivity index (χ4n) is 3.25. The van der Waals surface area contributed by atoms with E-state index in [0.29, 0.717) is 5.41 Å². The number of likely N-dealkylation sites (tertiary alicyclic amines) is 1. The molecular formula is C15H28N2O2. The molecule has 1 atom stereocenters. The van der Waals surface area contributed by atoms with Crippen LogP contribution >= 0.6 is 0 Å². The molecule has 0 aliphatic carbocycles. The van der Waals surface area contributed by atoms with E-state index in [9.17, 15) is 4.79 Å². The summed E-state index contributed by atoms with van der Waals surface area (Å²) in [4.78, 5) is 16.5. The first-order valence-corrected chi connectivity index (χ1v) is 7.33. The van der Waals surface area contributed by atoms with Gasteiger partial charge in [0.1, 0.15) is 11.7 Å². The van der Waals surface area contributed by atoms with Gasteiger partial charge in [0.05, 0.1) is 6.54 Å². The highest BCUT2D eigenvalue weighted by Crippen LogP contribution is 2.34. The summed E-state index contributed by atoms with van der Waals surface area (Å²) in [5, 5.41) is 0. The molecule has 0 aromatic carbocycles. The second kappa shape index (κ2) is 4.74. The lowest BCUT2D eigenvalue weighted by molar-refractivity contribution is -0.219. The molecule has 4 heteroatoms. The summed E-state index contributed by atoms with van der Waals surface area (Å²) in [5.74, 6) is 0.134. The lowest BCUT2D eigenvalue weighted by Gasteiger charge is -2.56. The van der Waals surface area contributed by atoms with Crippen molar-refractivity contribution >= 4 is 5.91 Å². The molecule has 110 valence electrons. The molecule has 2 fully saturated rings. The number of hydrogen-bond donors (Lipinski definition) is 0. The normalized spacial score (nSPS) is 28.1. The third-order valence-corrected chi connectivity index (χ3v) is 3.86. The van der Waals surface area contributed by atoms with Crippen molar-refractivity contribution in [1.82, 2.24) is 9.80 Å². The van der Waals surface area contributed by atoms with Crippen LogP contribution < -0.4 is 0 Å². The van der Waals surface area contributed by atoms with Gasteiger partial charge in [0, 0.05) is 25.7 Å². The zero-order chi connectivity index (χ0) is 14.4. The molecule has 2 heterocycles. The molecule has 0 radical (unpaired) electrons. The van der Waals surface area contributed by atoms with E-state index in [2.05, 4.69) is 39.5 Å². The topological polar surface area (TPSA) is 32.8 Å². The van der Waals surface area contributed by atoms with Gasteiger partial charge in [-0.2, -0.15) is 0 Å². The van der Waals surface area contributed by atoms with Crippen LogP contribution in [-0.2, 0) is 9.53 Å². The van der Waals surface area contributed by atoms with E-state index in [4.69, 9.17) is 4.74 Å². The Morgan fingerprint density at radius 3 is 2.37 bits per heavy atom. The second-order valence-corrected chi connectivity index (χ2v) is 7.71. The molecule has 0 aromatic heterocycles. The van der Waals surface area contributed by atoms with Gasteiger partial charge >= 0.3 is 0 Å². The lowest BCUT2D eigenvalue weighted by atomic mass is 9.86. The molecule has 2 rings (SSSR count). The summed E-state index contributed by atoms with van der Waals surface area (Å²) in [6.45, 7) is 16.5. The summed E-state index contributed by atoms with van der Waals surface area (Å²) < 4.78 is 6.01. The van der Waals surface area contributed by atoms with Gasteiger partial charge in [-0.05, 0) is 26.2 Å². The highest BCUT2D eigenvalue weighted by atomic mass is 16.5. The summed E-state index contributed by atoms with van der Waals surface area (Å²) in [6.07, 6.45) is -0.298. The van der Waals surface area contributed by atoms with Crippen LogP contribution in [0.2, 0.25) is 0 Å². The smallest absolute Gasteiger partial charge is 0.251 e. The van der Waals surface area contributed by atoms with Crippen LogP contribution in [0.25, 0.3) is 0 Å². The Bertz CT molecular complexity index is 354. The molecule has 1 amide bonds. The molecule has 2 saturated heterocycles. The first-order valence-electron chi connectivity index (χ1n) is 7.33. The van der Waals surface area contributed by atoms with Gasteiger partial charge < -0.3 is 9.64 Å². The largest absolute Gasteiger partial charge is 0.358 e. The van der Waals surface area contributed by atoms with Gasteiger partial charge in [-0.15, -0.1) is 0 Å². The van der Waals surface area contributed by atoms with Crippen molar-refractivity contribution in [3.05, 3.63) is 0 Å². The Labute approximate surface area is 117 Å². The molecule has 0 aromatic rings. The molecule has 0 N–H and O–H groups in total. The first kappa shape index (κ1) is 14.8. The number of morpholine rings is 1. The molecule has 0 saturated carbocycles. The molecule has 2 aliphatic heterocycles. The van der Waals surface area contributed by atoms with Crippen LogP contribution in [0.15, 0.2) is 0 Å². The third kappa shape index (κ3) is 3.11. The Hall–Kier alpha value is -0.610. The molecule has 2 aliphatic rings. The monoisotopic (exact) mass is 268 g/mol. The Kier molecular flexibility index (Phi) is 3.69. The number of amides is 1. The standard InChI is InChI=1S/C15H28N2O2/c1-11(2)17-10-15(19-12(3)13(17)18)8-16(9-15)7-14(4,5)6/h11-12H,7-10H2,1-6H3/t12-/m0/s1. The van der Waals surface area contributed by atoms with Gasteiger partial charge in [-0.25, -0.2) is 0 Å². The fraction of sp³-hybridized carbons (Fsp3) is 0.933. The maximum atomic E-state index is 12.1. The second-order valence-electron chi connectivity index (χ2n) is 7.71. The van der Waals surface area contributed by atoms with E-state index in [1.54, 1.807) is 0 Å². The quantitative estimate of drug-likeness (QED) is 0.765. The zero-order valence-electron chi connectivity index (χ0n) is 13.2. The van der Waals surface area contributed by atoms with Crippen molar-refractivity contribution in [3.8, 4) is 0 Å². The highest BCUT2D eigenvalue weighted by Gasteiger charge is 2.52. The van der Waals surface area contributed by atoms with Gasteiger partial charge in [0.2, 0.25) is 0 Å². The summed E-state index contributed by atoms with van der Waals surface area (Å²) in [6, 6.07) is 0.257. The number of ether oxygens (including phenoxy) is 1. The van der Waals surface area contributed by atoms with Crippen LogP contribution in [0.1, 0.15) is 41.5 Å². The highest BCUT2D eigenvalue weighted by molar-refractivity contribution is 5.81. The minimum absolute atomic E-state index is 0.122. The summed E-state index contributed by atoms with van der Waals surface area (Å²) >= 11 is 0. The van der Waals surface area contributed by atoms with E-state index in [1.165, 1.54) is 0 Å². The molecular weight excluding hydrogens is 240 g/mol. The number of rotatable bonds is 2. The van der Waals surface area contributed by atoms with E-state index in [-0.39, 0.29) is 23.7 Å². The van der Waals surface area contributed by atoms with Crippen LogP contribution in [0.4, 0.5) is 0 Å². The van der Waals surface area contributed by atoms with Crippen LogP contribution in [0.3, 0.4) is 0 Å². The van der Waals surface area contributed by atoms with Gasteiger partial charge in [0.15, 0.2) is 0 Å². The van der Waals surface area contributed by atoms with Crippen LogP contribution in [0.5, 0.6) is 0 Å². The average Bonchev–Trinajstić information content (AvgIpc) is 2.18. The van der Waals surface area contributed by atoms with Crippen molar-refractivity contribution in [1.29, 1.82) is 0 Å². The first-order chi connectivity index (χ1) is 8.62. The number of carbonyl (C=O) groups excluding carboxylic acids is 1. The minimum Gasteiger partial charge on any atom is -0.358 e. The zero-order valence-corrected chi connectivity index (χ0v) is 13.2. The van der Waals surface area contributed by atoms with Gasteiger partial charge in [0.25, 0.3) is 5.91 Å². The predicted octanol–water partition coefficient (Wildman–Crippen LogP) is 1.74. The van der Waals surface area contributed by atoms with Gasteiger partial charge in [-0.3, -0.25) is 9.69 Å². The maximum Gasteiger partial charge on any atom is 0.251 e. The minimum atomic E-state index is -0.298. The van der Waals surface area contributed by atoms with Crippen molar-refractivity contribution in [3.63, 3.8) is 0 Å². The SMILES string of the molecule is CC(C)N1CC2(CN(CC(C)(C)C)C2)O[C@@H](C)C1=O. The lowest BCUT2D eigenvalue weighted by Crippen LogP contribution is -2.73. The van der Waals surface area contributed by atoms with Gasteiger partial charge in [-0.1, -0.05) is 20.8 Å². The number of nitrogens with zero attached hydrogens (tertiary/aromatic N) is 2. The fourth-order valence-corrected chi connectivity index (χ4v) is 3.25. The number of carbonyl (C=O) groups is 1. The Morgan fingerprint density at radius 1 is 1.32 bits per heavy atom. The molecule has 1 spiro atoms. The van der Waals surface area contributed by atoms with Crippen LogP contribution in [0, 0.1) is 5.41 Å². The summed E-state index contributed by atoms with van der Waals surface area (Å²) in [5.41, 5.74) is 0.193. The Morgan fingerprint density at radius 2 is 1.89 bits per heavy atom. The third-order valence-electron chi connectivity index (χ3n) is 3.86. The predicted molar refractivity (Wildman–Crippen MR) is 76.0 cm³/mol. The molecule has 0 unspecified atom stereocenters. The molecule has 0 bridgehead atoms. The van der Waals surface area contributed by atoms with Crippen LogP contribution in [-0.4, -0.2) is 59.6 Å². The average molecular weight is 268 g/mol. The van der Waals surface area contributed by atoms with Crippen molar-refractivity contribution in [2.24, 2.45) is 5.41 Å². The van der Waals surface area contributed by atoms with E-state index >= 15 is 0 Å². The van der Waals surface area contributed by atoms with E-state index in [0.717, 1.165) is 26.2 Å². The molecule has 19 heavy (non-hydrogen) atoms. The molecule has 4 nitrogen and oxygen atoms in total. The van der Waals surface area contributed by atoms with Crippen molar-refractivity contribution < 1.29 is 9.53 Å². The van der Waals surface area contributed by atoms with Crippen molar-refractivity contribution in [2.45, 2.75) is 59.3 Å². The Balaban J connectivity index is 1.98. The summed E-state index contributed by atoms with van der Waals surface area (Å²) in [7, 11) is 0. The van der Waals surface area contributed by atoms with Crippen molar-refractivity contribution in [2.75, 3.05) is 26.2 Å².